The van der Waals surface area contributed by atoms with Gasteiger partial charge in [0.05, 0.1) is 63.9 Å². The number of anilines is 1. The molecule has 2 aliphatic heterocycles. The van der Waals surface area contributed by atoms with Gasteiger partial charge in [-0.3, -0.25) is 9.59 Å². The van der Waals surface area contributed by atoms with Crippen molar-refractivity contribution >= 4 is 40.2 Å². The second-order valence-electron chi connectivity index (χ2n) is 18.8. The molecular weight excluding hydrogens is 801 g/mol. The second-order valence-corrected chi connectivity index (χ2v) is 28.4. The molecule has 0 aliphatic carbocycles. The molecule has 4 N–H and O–H groups in total. The van der Waals surface area contributed by atoms with Gasteiger partial charge in [-0.1, -0.05) is 65.8 Å². The summed E-state index contributed by atoms with van der Waals surface area (Å²) in [5.41, 5.74) is 14.4. The molecule has 2 saturated heterocycles. The molecular formula is C44H68N4O10Si2. The van der Waals surface area contributed by atoms with E-state index in [-0.39, 0.29) is 75.7 Å². The first-order chi connectivity index (χ1) is 27.8. The van der Waals surface area contributed by atoms with E-state index in [9.17, 15) is 14.4 Å². The lowest BCUT2D eigenvalue weighted by Crippen LogP contribution is -2.46. The van der Waals surface area contributed by atoms with Crippen LogP contribution < -0.4 is 35.2 Å². The molecule has 2 atom stereocenters. The summed E-state index contributed by atoms with van der Waals surface area (Å²) in [6.45, 7) is 32.0. The fraction of sp³-hybridized carbons (Fsp3) is 0.568. The predicted molar refractivity (Wildman–Crippen MR) is 240 cm³/mol. The lowest BCUT2D eigenvalue weighted by atomic mass is 10.1. The minimum atomic E-state index is -2.10. The summed E-state index contributed by atoms with van der Waals surface area (Å²) in [4.78, 5) is 43.5. The number of amides is 3. The second kappa shape index (κ2) is 19.0. The van der Waals surface area contributed by atoms with Crippen LogP contribution in [0.2, 0.25) is 36.3 Å². The topological polar surface area (TPSA) is 174 Å². The van der Waals surface area contributed by atoms with E-state index in [1.807, 2.05) is 0 Å². The van der Waals surface area contributed by atoms with Gasteiger partial charge < -0.3 is 53.8 Å². The van der Waals surface area contributed by atoms with Crippen molar-refractivity contribution in [1.29, 1.82) is 0 Å². The number of primary amides is 1. The summed E-state index contributed by atoms with van der Waals surface area (Å²) in [5.74, 6) is 0.537. The Bertz CT molecular complexity index is 1940. The van der Waals surface area contributed by atoms with E-state index in [0.29, 0.717) is 62.6 Å². The smallest absolute Gasteiger partial charge is 0.409 e. The van der Waals surface area contributed by atoms with E-state index in [0.717, 1.165) is 11.1 Å². The third-order valence-corrected chi connectivity index (χ3v) is 21.2. The average Bonchev–Trinajstić information content (AvgIpc) is 3.72. The molecule has 2 heterocycles. The predicted octanol–water partition coefficient (Wildman–Crippen LogP) is 8.18. The van der Waals surface area contributed by atoms with Crippen molar-refractivity contribution < 1.29 is 46.9 Å². The van der Waals surface area contributed by atoms with Crippen LogP contribution in [-0.2, 0) is 8.85 Å². The molecule has 14 nitrogen and oxygen atoms in total. The molecule has 16 heteroatoms. The van der Waals surface area contributed by atoms with E-state index >= 15 is 0 Å². The third-order valence-electron chi connectivity index (χ3n) is 12.2. The maximum Gasteiger partial charge on any atom is 0.409 e. The molecule has 332 valence electrons. The molecule has 0 radical (unpaired) electrons. The molecule has 0 aromatic heterocycles. The Kier molecular flexibility index (Phi) is 15.3. The molecule has 2 aliphatic rings. The summed E-state index contributed by atoms with van der Waals surface area (Å²) >= 11 is 0. The van der Waals surface area contributed by atoms with Crippen molar-refractivity contribution in [3.05, 3.63) is 59.7 Å². The van der Waals surface area contributed by atoms with Crippen molar-refractivity contribution in [1.82, 2.24) is 9.80 Å². The van der Waals surface area contributed by atoms with Crippen LogP contribution in [0.1, 0.15) is 81.5 Å². The van der Waals surface area contributed by atoms with Gasteiger partial charge in [-0.25, -0.2) is 4.79 Å². The summed E-state index contributed by atoms with van der Waals surface area (Å²) in [6, 6.07) is 5.70. The van der Waals surface area contributed by atoms with Crippen molar-refractivity contribution in [3.63, 3.8) is 0 Å². The van der Waals surface area contributed by atoms with E-state index in [1.54, 1.807) is 21.9 Å². The monoisotopic (exact) mass is 868 g/mol. The number of methoxy groups -OCH3 is 2. The fourth-order valence-corrected chi connectivity index (χ4v) is 8.59. The quantitative estimate of drug-likeness (QED) is 0.0679. The van der Waals surface area contributed by atoms with E-state index in [2.05, 4.69) is 80.9 Å². The van der Waals surface area contributed by atoms with Crippen LogP contribution in [-0.4, -0.2) is 110 Å². The van der Waals surface area contributed by atoms with Gasteiger partial charge in [0, 0.05) is 43.4 Å². The normalized spacial score (nSPS) is 17.5. The zero-order chi connectivity index (χ0) is 45.0. The highest BCUT2D eigenvalue weighted by molar-refractivity contribution is 6.74. The fourth-order valence-electron chi connectivity index (χ4n) is 6.51. The van der Waals surface area contributed by atoms with Gasteiger partial charge in [0.25, 0.3) is 11.8 Å². The van der Waals surface area contributed by atoms with Crippen LogP contribution in [0.4, 0.5) is 10.5 Å². The SMILES string of the molecule is C=C1C[C@@H](CO[Si](C)(C)C(C)(C)C)N(C(=O)c2cc(OC)c(OCCCOc3cc(OC(N)=O)c(C(=O)N4CC(=C)C[C@H]4CO[Si](C)(C)C(C)(C)C)cc3OC)cc2N)C1. The summed E-state index contributed by atoms with van der Waals surface area (Å²) in [6.07, 6.45) is 0.574. The van der Waals surface area contributed by atoms with Crippen molar-refractivity contribution in [3.8, 4) is 28.7 Å². The van der Waals surface area contributed by atoms with Gasteiger partial charge in [-0.15, -0.1) is 0 Å². The number of carbonyl (C=O) groups excluding carboxylic acids is 3. The Balaban J connectivity index is 1.43. The first kappa shape index (κ1) is 48.2. The van der Waals surface area contributed by atoms with E-state index in [1.165, 1.54) is 26.4 Å². The number of likely N-dealkylation sites (tertiary alicyclic amines) is 2. The first-order valence-electron chi connectivity index (χ1n) is 20.5. The van der Waals surface area contributed by atoms with Crippen LogP contribution in [0.3, 0.4) is 0 Å². The molecule has 0 spiro atoms. The Morgan fingerprint density at radius 1 is 0.683 bits per heavy atom. The summed E-state index contributed by atoms with van der Waals surface area (Å²) in [7, 11) is -1.18. The number of carbonyl (C=O) groups is 3. The molecule has 4 rings (SSSR count). The maximum atomic E-state index is 14.1. The van der Waals surface area contributed by atoms with Gasteiger partial charge >= 0.3 is 6.09 Å². The highest BCUT2D eigenvalue weighted by atomic mass is 28.4. The van der Waals surface area contributed by atoms with Crippen molar-refractivity contribution in [2.45, 2.75) is 109 Å². The number of nitrogens with two attached hydrogens (primary N) is 2. The number of rotatable bonds is 17. The van der Waals surface area contributed by atoms with Gasteiger partial charge in [0.1, 0.15) is 5.75 Å². The van der Waals surface area contributed by atoms with Crippen LogP contribution in [0, 0.1) is 0 Å². The van der Waals surface area contributed by atoms with Gasteiger partial charge in [-0.2, -0.15) is 0 Å². The molecule has 0 bridgehead atoms. The summed E-state index contributed by atoms with van der Waals surface area (Å²) in [5, 5.41) is 0.0386. The van der Waals surface area contributed by atoms with E-state index in [4.69, 9.17) is 44.0 Å². The Labute approximate surface area is 358 Å². The van der Waals surface area contributed by atoms with Gasteiger partial charge in [0.2, 0.25) is 0 Å². The van der Waals surface area contributed by atoms with Crippen LogP contribution in [0.15, 0.2) is 48.6 Å². The number of nitrogens with zero attached hydrogens (tertiary/aromatic N) is 2. The minimum Gasteiger partial charge on any atom is -0.493 e. The molecule has 2 aromatic carbocycles. The summed E-state index contributed by atoms with van der Waals surface area (Å²) < 4.78 is 41.7. The zero-order valence-electron chi connectivity index (χ0n) is 37.9. The largest absolute Gasteiger partial charge is 0.493 e. The maximum absolute atomic E-state index is 14.1. The highest BCUT2D eigenvalue weighted by Gasteiger charge is 2.42. The average molecular weight is 869 g/mol. The standard InChI is InChI=1S/C44H68N4O10Si2/c1-28-18-30(26-56-59(11,12)43(3,4)5)47(24-28)40(49)32-20-36(52-9)38(22-34(32)45)54-16-15-17-55-39-23-35(58-42(46)51)33(21-37(39)53-10)41(50)48-25-29(2)19-31(48)27-57-60(13,14)44(6,7)8/h20-23,30-31H,1-2,15-19,24-27,45H2,3-14H3,(H2,46,51)/t30-,31-/m0/s1. The zero-order valence-corrected chi connectivity index (χ0v) is 39.9. The van der Waals surface area contributed by atoms with Crippen LogP contribution in [0.5, 0.6) is 28.7 Å². The lowest BCUT2D eigenvalue weighted by Gasteiger charge is -2.38. The number of ether oxygens (including phenoxy) is 5. The molecule has 60 heavy (non-hydrogen) atoms. The number of nitrogen functional groups attached to an aromatic ring is 1. The number of hydrogen-bond acceptors (Lipinski definition) is 11. The van der Waals surface area contributed by atoms with Crippen molar-refractivity contribution in [2.75, 3.05) is 59.5 Å². The molecule has 3 amide bonds. The number of hydrogen-bond donors (Lipinski definition) is 2. The van der Waals surface area contributed by atoms with Crippen LogP contribution in [0.25, 0.3) is 0 Å². The Morgan fingerprint density at radius 3 is 1.52 bits per heavy atom. The van der Waals surface area contributed by atoms with Gasteiger partial charge in [0.15, 0.2) is 39.6 Å². The molecule has 0 saturated carbocycles. The highest BCUT2D eigenvalue weighted by Crippen LogP contribution is 2.41. The lowest BCUT2D eigenvalue weighted by molar-refractivity contribution is 0.0677. The Morgan fingerprint density at radius 2 is 1.10 bits per heavy atom. The molecule has 2 fully saturated rings. The third kappa shape index (κ3) is 11.4. The molecule has 0 unspecified atom stereocenters. The van der Waals surface area contributed by atoms with E-state index < -0.39 is 22.7 Å². The molecule has 2 aromatic rings. The van der Waals surface area contributed by atoms with Crippen LogP contribution >= 0.6 is 0 Å². The number of benzene rings is 2. The van der Waals surface area contributed by atoms with Crippen molar-refractivity contribution in [2.24, 2.45) is 5.73 Å². The Hall–Kier alpha value is -4.52. The van der Waals surface area contributed by atoms with Gasteiger partial charge in [-0.05, 0) is 55.2 Å². The minimum absolute atomic E-state index is 0.000789. The first-order valence-corrected chi connectivity index (χ1v) is 26.3.